The van der Waals surface area contributed by atoms with Crippen LogP contribution < -0.4 is 4.74 Å². The topological polar surface area (TPSA) is 36.3 Å². The van der Waals surface area contributed by atoms with Gasteiger partial charge in [-0.05, 0) is 36.1 Å². The zero-order chi connectivity index (χ0) is 12.9. The molecular formula is C15H16N2O2. The number of aromatic nitrogens is 2. The predicted molar refractivity (Wildman–Crippen MR) is 70.3 cm³/mol. The SMILES string of the molecule is COc1ccc2c(c1)CCC21COCc2cncn21. The van der Waals surface area contributed by atoms with Crippen LogP contribution in [0.4, 0.5) is 0 Å². The molecule has 19 heavy (non-hydrogen) atoms. The first kappa shape index (κ1) is 11.1. The van der Waals surface area contributed by atoms with Gasteiger partial charge < -0.3 is 14.0 Å². The Morgan fingerprint density at radius 2 is 2.37 bits per heavy atom. The highest BCUT2D eigenvalue weighted by Crippen LogP contribution is 2.44. The molecule has 0 radical (unpaired) electrons. The van der Waals surface area contributed by atoms with E-state index >= 15 is 0 Å². The summed E-state index contributed by atoms with van der Waals surface area (Å²) in [5.74, 6) is 0.929. The summed E-state index contributed by atoms with van der Waals surface area (Å²) in [6.45, 7) is 1.39. The lowest BCUT2D eigenvalue weighted by Gasteiger charge is -2.37. The summed E-state index contributed by atoms with van der Waals surface area (Å²) in [7, 11) is 1.71. The van der Waals surface area contributed by atoms with Crippen molar-refractivity contribution in [3.8, 4) is 5.75 Å². The number of hydrogen-bond acceptors (Lipinski definition) is 3. The Labute approximate surface area is 112 Å². The van der Waals surface area contributed by atoms with Crippen LogP contribution in [0, 0.1) is 0 Å². The van der Waals surface area contributed by atoms with E-state index in [9.17, 15) is 0 Å². The standard InChI is InChI=1S/C15H16N2O2/c1-18-13-2-3-14-11(6-13)4-5-15(14)9-19-8-12-7-16-10-17(12)15/h2-3,6-7,10H,4-5,8-9H2,1H3. The number of aryl methyl sites for hydroxylation is 1. The molecule has 0 saturated carbocycles. The van der Waals surface area contributed by atoms with Gasteiger partial charge in [0.2, 0.25) is 0 Å². The second-order valence-corrected chi connectivity index (χ2v) is 5.30. The van der Waals surface area contributed by atoms with Crippen LogP contribution in [0.5, 0.6) is 5.75 Å². The smallest absolute Gasteiger partial charge is 0.119 e. The van der Waals surface area contributed by atoms with Crippen LogP contribution in [0.1, 0.15) is 23.2 Å². The van der Waals surface area contributed by atoms with Gasteiger partial charge in [0, 0.05) is 0 Å². The lowest BCUT2D eigenvalue weighted by Crippen LogP contribution is -2.41. The monoisotopic (exact) mass is 256 g/mol. The van der Waals surface area contributed by atoms with E-state index in [-0.39, 0.29) is 5.54 Å². The molecule has 2 aromatic rings. The van der Waals surface area contributed by atoms with Crippen molar-refractivity contribution in [1.82, 2.24) is 9.55 Å². The van der Waals surface area contributed by atoms with Crippen LogP contribution in [-0.4, -0.2) is 23.3 Å². The molecule has 0 bridgehead atoms. The van der Waals surface area contributed by atoms with E-state index in [1.807, 2.05) is 18.6 Å². The summed E-state index contributed by atoms with van der Waals surface area (Å²) in [6, 6.07) is 6.37. The van der Waals surface area contributed by atoms with E-state index in [0.717, 1.165) is 30.9 Å². The third kappa shape index (κ3) is 1.40. The quantitative estimate of drug-likeness (QED) is 0.784. The van der Waals surface area contributed by atoms with Gasteiger partial charge in [-0.2, -0.15) is 0 Å². The van der Waals surface area contributed by atoms with Crippen LogP contribution >= 0.6 is 0 Å². The van der Waals surface area contributed by atoms with E-state index in [4.69, 9.17) is 9.47 Å². The zero-order valence-electron chi connectivity index (χ0n) is 10.9. The van der Waals surface area contributed by atoms with E-state index in [2.05, 4.69) is 21.7 Å². The number of rotatable bonds is 1. The molecular weight excluding hydrogens is 240 g/mol. The molecule has 1 aromatic carbocycles. The van der Waals surface area contributed by atoms with Crippen molar-refractivity contribution in [3.63, 3.8) is 0 Å². The molecule has 0 fully saturated rings. The molecule has 1 aliphatic heterocycles. The van der Waals surface area contributed by atoms with Crippen molar-refractivity contribution >= 4 is 0 Å². The molecule has 1 unspecified atom stereocenters. The summed E-state index contributed by atoms with van der Waals surface area (Å²) in [6.07, 6.45) is 5.98. The maximum absolute atomic E-state index is 5.81. The fourth-order valence-corrected chi connectivity index (χ4v) is 3.44. The lowest BCUT2D eigenvalue weighted by atomic mass is 9.91. The van der Waals surface area contributed by atoms with Crippen molar-refractivity contribution < 1.29 is 9.47 Å². The molecule has 0 amide bonds. The number of imidazole rings is 1. The number of methoxy groups -OCH3 is 1. The van der Waals surface area contributed by atoms with Gasteiger partial charge in [-0.1, -0.05) is 6.07 Å². The number of nitrogens with zero attached hydrogens (tertiary/aromatic N) is 2. The normalized spacial score (nSPS) is 24.3. The minimum absolute atomic E-state index is 0.0638. The summed E-state index contributed by atoms with van der Waals surface area (Å²) in [5.41, 5.74) is 3.82. The van der Waals surface area contributed by atoms with E-state index in [1.165, 1.54) is 11.1 Å². The summed E-state index contributed by atoms with van der Waals surface area (Å²) in [5, 5.41) is 0. The maximum atomic E-state index is 5.81. The fourth-order valence-electron chi connectivity index (χ4n) is 3.44. The van der Waals surface area contributed by atoms with Gasteiger partial charge in [0.1, 0.15) is 5.75 Å². The van der Waals surface area contributed by atoms with Gasteiger partial charge in [0.25, 0.3) is 0 Å². The Hall–Kier alpha value is -1.81. The third-order valence-corrected chi connectivity index (χ3v) is 4.39. The zero-order valence-corrected chi connectivity index (χ0v) is 10.9. The van der Waals surface area contributed by atoms with Crippen molar-refractivity contribution in [2.45, 2.75) is 25.0 Å². The second-order valence-electron chi connectivity index (χ2n) is 5.30. The van der Waals surface area contributed by atoms with Gasteiger partial charge >= 0.3 is 0 Å². The van der Waals surface area contributed by atoms with Crippen LogP contribution in [0.3, 0.4) is 0 Å². The number of ether oxygens (including phenoxy) is 2. The van der Waals surface area contributed by atoms with Crippen LogP contribution in [-0.2, 0) is 23.3 Å². The largest absolute Gasteiger partial charge is 0.497 e. The predicted octanol–water partition coefficient (Wildman–Crippen LogP) is 2.11. The van der Waals surface area contributed by atoms with Crippen molar-refractivity contribution in [2.75, 3.05) is 13.7 Å². The molecule has 1 aromatic heterocycles. The molecule has 4 rings (SSSR count). The molecule has 1 aliphatic carbocycles. The molecule has 4 heteroatoms. The summed E-state index contributed by atoms with van der Waals surface area (Å²) >= 11 is 0. The van der Waals surface area contributed by atoms with Crippen LogP contribution in [0.2, 0.25) is 0 Å². The van der Waals surface area contributed by atoms with Crippen LogP contribution in [0.15, 0.2) is 30.7 Å². The fraction of sp³-hybridized carbons (Fsp3) is 0.400. The first-order valence-corrected chi connectivity index (χ1v) is 6.60. The summed E-state index contributed by atoms with van der Waals surface area (Å²) < 4.78 is 13.4. The Morgan fingerprint density at radius 1 is 1.42 bits per heavy atom. The minimum atomic E-state index is -0.0638. The van der Waals surface area contributed by atoms with E-state index in [1.54, 1.807) is 7.11 Å². The Kier molecular flexibility index (Phi) is 2.23. The number of fused-ring (bicyclic) bond motifs is 4. The Bertz CT molecular complexity index is 635. The van der Waals surface area contributed by atoms with E-state index in [0.29, 0.717) is 6.61 Å². The molecule has 2 heterocycles. The molecule has 0 saturated heterocycles. The van der Waals surface area contributed by atoms with Gasteiger partial charge in [-0.3, -0.25) is 0 Å². The van der Waals surface area contributed by atoms with Crippen LogP contribution in [0.25, 0.3) is 0 Å². The lowest BCUT2D eigenvalue weighted by molar-refractivity contribution is 0.0233. The van der Waals surface area contributed by atoms with E-state index < -0.39 is 0 Å². The van der Waals surface area contributed by atoms with Crippen molar-refractivity contribution in [2.24, 2.45) is 0 Å². The summed E-state index contributed by atoms with van der Waals surface area (Å²) in [4.78, 5) is 4.29. The average Bonchev–Trinajstić information content (AvgIpc) is 3.05. The molecule has 98 valence electrons. The molecule has 2 aliphatic rings. The molecule has 1 atom stereocenters. The van der Waals surface area contributed by atoms with Gasteiger partial charge in [-0.25, -0.2) is 4.98 Å². The maximum Gasteiger partial charge on any atom is 0.119 e. The third-order valence-electron chi connectivity index (χ3n) is 4.39. The Morgan fingerprint density at radius 3 is 3.26 bits per heavy atom. The Balaban J connectivity index is 1.89. The van der Waals surface area contributed by atoms with Gasteiger partial charge in [0.15, 0.2) is 0 Å². The molecule has 1 spiro atoms. The number of benzene rings is 1. The average molecular weight is 256 g/mol. The highest BCUT2D eigenvalue weighted by Gasteiger charge is 2.43. The minimum Gasteiger partial charge on any atom is -0.497 e. The highest BCUT2D eigenvalue weighted by molar-refractivity contribution is 5.45. The van der Waals surface area contributed by atoms with Crippen molar-refractivity contribution in [1.29, 1.82) is 0 Å². The first-order chi connectivity index (χ1) is 9.33. The van der Waals surface area contributed by atoms with Gasteiger partial charge in [0.05, 0.1) is 44.1 Å². The number of hydrogen-bond donors (Lipinski definition) is 0. The van der Waals surface area contributed by atoms with Gasteiger partial charge in [-0.15, -0.1) is 0 Å². The molecule has 0 N–H and O–H groups in total. The molecule has 4 nitrogen and oxygen atoms in total. The highest BCUT2D eigenvalue weighted by atomic mass is 16.5. The second kappa shape index (κ2) is 3.84. The first-order valence-electron chi connectivity index (χ1n) is 6.60. The van der Waals surface area contributed by atoms with Crippen molar-refractivity contribution in [3.05, 3.63) is 47.5 Å².